The van der Waals surface area contributed by atoms with Gasteiger partial charge in [0, 0.05) is 16.3 Å². The molecule has 0 saturated carbocycles. The molecule has 2 heterocycles. The summed E-state index contributed by atoms with van der Waals surface area (Å²) in [6.07, 6.45) is 1.95. The average molecular weight is 328 g/mol. The molecule has 1 N–H and O–H groups in total. The second-order valence-electron chi connectivity index (χ2n) is 6.15. The third-order valence-corrected chi connectivity index (χ3v) is 4.76. The van der Waals surface area contributed by atoms with E-state index in [9.17, 15) is 4.79 Å². The number of nitrogens with one attached hydrogen (secondary N) is 1. The van der Waals surface area contributed by atoms with Crippen molar-refractivity contribution in [3.05, 3.63) is 46.2 Å². The van der Waals surface area contributed by atoms with Crippen LogP contribution in [0, 0.1) is 13.8 Å². The molecule has 0 unspecified atom stereocenters. The molecular weight excluding hydrogens is 308 g/mol. The minimum Gasteiger partial charge on any atom is -0.464 e. The van der Waals surface area contributed by atoms with Gasteiger partial charge in [0.1, 0.15) is 5.58 Å². The Morgan fingerprint density at radius 1 is 1.30 bits per heavy atom. The van der Waals surface area contributed by atoms with Gasteiger partial charge in [-0.25, -0.2) is 4.98 Å². The molecular formula is C18H20N2O2S. The highest BCUT2D eigenvalue weighted by Gasteiger charge is 2.13. The van der Waals surface area contributed by atoms with Crippen molar-refractivity contribution in [1.82, 2.24) is 4.98 Å². The van der Waals surface area contributed by atoms with Crippen LogP contribution in [0.15, 0.2) is 28.2 Å². The number of anilines is 1. The van der Waals surface area contributed by atoms with Crippen LogP contribution in [0.25, 0.3) is 11.0 Å². The van der Waals surface area contributed by atoms with E-state index in [1.165, 1.54) is 22.5 Å². The maximum atomic E-state index is 12.3. The number of carbonyl (C=O) groups excluding carboxylic acids is 1. The lowest BCUT2D eigenvalue weighted by atomic mass is 10.0. The first kappa shape index (κ1) is 15.7. The van der Waals surface area contributed by atoms with E-state index in [1.807, 2.05) is 11.4 Å². The lowest BCUT2D eigenvalue weighted by molar-refractivity contribution is -0.115. The van der Waals surface area contributed by atoms with Crippen molar-refractivity contribution in [2.24, 2.45) is 0 Å². The number of rotatable bonds is 4. The molecule has 5 heteroatoms. The van der Waals surface area contributed by atoms with Crippen LogP contribution < -0.4 is 5.32 Å². The molecule has 120 valence electrons. The minimum absolute atomic E-state index is 0.0735. The molecule has 1 amide bonds. The van der Waals surface area contributed by atoms with Crippen molar-refractivity contribution in [2.75, 3.05) is 5.32 Å². The number of furan rings is 1. The second kappa shape index (κ2) is 6.16. The highest BCUT2D eigenvalue weighted by atomic mass is 32.1. The maximum Gasteiger partial charge on any atom is 0.230 e. The SMILES string of the molecule is Cc1cc2occ(CC(=O)Nc3nc(C(C)C)cs3)c2cc1C. The Hall–Kier alpha value is -2.14. The molecule has 2 aromatic heterocycles. The first-order chi connectivity index (χ1) is 10.9. The number of hydrogen-bond donors (Lipinski definition) is 1. The fourth-order valence-electron chi connectivity index (χ4n) is 2.42. The van der Waals surface area contributed by atoms with Crippen LogP contribution in [0.3, 0.4) is 0 Å². The normalized spacial score (nSPS) is 11.3. The Morgan fingerprint density at radius 3 is 2.74 bits per heavy atom. The summed E-state index contributed by atoms with van der Waals surface area (Å²) in [6.45, 7) is 8.29. The highest BCUT2D eigenvalue weighted by Crippen LogP contribution is 2.26. The zero-order valence-corrected chi connectivity index (χ0v) is 14.6. The number of aromatic nitrogens is 1. The van der Waals surface area contributed by atoms with Crippen LogP contribution in [0.2, 0.25) is 0 Å². The van der Waals surface area contributed by atoms with E-state index < -0.39 is 0 Å². The van der Waals surface area contributed by atoms with Crippen molar-refractivity contribution >= 4 is 33.3 Å². The third kappa shape index (κ3) is 3.29. The first-order valence-electron chi connectivity index (χ1n) is 7.66. The first-order valence-corrected chi connectivity index (χ1v) is 8.54. The molecule has 0 saturated heterocycles. The number of benzene rings is 1. The van der Waals surface area contributed by atoms with E-state index in [-0.39, 0.29) is 12.3 Å². The summed E-state index contributed by atoms with van der Waals surface area (Å²) in [5, 5.41) is 6.52. The molecule has 0 aliphatic carbocycles. The monoisotopic (exact) mass is 328 g/mol. The molecule has 0 fully saturated rings. The second-order valence-corrected chi connectivity index (χ2v) is 7.01. The summed E-state index contributed by atoms with van der Waals surface area (Å²) < 4.78 is 5.58. The van der Waals surface area contributed by atoms with Crippen LogP contribution in [0.5, 0.6) is 0 Å². The zero-order valence-electron chi connectivity index (χ0n) is 13.8. The van der Waals surface area contributed by atoms with Crippen molar-refractivity contribution in [1.29, 1.82) is 0 Å². The topological polar surface area (TPSA) is 55.1 Å². The van der Waals surface area contributed by atoms with Gasteiger partial charge in [0.15, 0.2) is 5.13 Å². The average Bonchev–Trinajstić information content (AvgIpc) is 3.08. The predicted octanol–water partition coefficient (Wildman–Crippen LogP) is 4.81. The number of amides is 1. The molecule has 0 bridgehead atoms. The lowest BCUT2D eigenvalue weighted by Gasteiger charge is -2.02. The van der Waals surface area contributed by atoms with Gasteiger partial charge in [0.25, 0.3) is 0 Å². The van der Waals surface area contributed by atoms with E-state index in [4.69, 9.17) is 4.42 Å². The Bertz CT molecular complexity index is 861. The Kier molecular flexibility index (Phi) is 4.22. The quantitative estimate of drug-likeness (QED) is 0.747. The predicted molar refractivity (Wildman–Crippen MR) is 94.2 cm³/mol. The summed E-state index contributed by atoms with van der Waals surface area (Å²) in [5.74, 6) is 0.288. The van der Waals surface area contributed by atoms with E-state index >= 15 is 0 Å². The molecule has 0 spiro atoms. The van der Waals surface area contributed by atoms with Crippen LogP contribution in [0.4, 0.5) is 5.13 Å². The molecule has 4 nitrogen and oxygen atoms in total. The summed E-state index contributed by atoms with van der Waals surface area (Å²) in [7, 11) is 0. The molecule has 23 heavy (non-hydrogen) atoms. The Morgan fingerprint density at radius 2 is 2.04 bits per heavy atom. The van der Waals surface area contributed by atoms with Crippen LogP contribution in [0.1, 0.15) is 42.1 Å². The number of fused-ring (bicyclic) bond motifs is 1. The minimum atomic E-state index is -0.0735. The number of nitrogens with zero attached hydrogens (tertiary/aromatic N) is 1. The molecule has 0 atom stereocenters. The highest BCUT2D eigenvalue weighted by molar-refractivity contribution is 7.13. The largest absolute Gasteiger partial charge is 0.464 e. The van der Waals surface area contributed by atoms with Gasteiger partial charge in [-0.2, -0.15) is 0 Å². The van der Waals surface area contributed by atoms with Crippen LogP contribution >= 0.6 is 11.3 Å². The summed E-state index contributed by atoms with van der Waals surface area (Å²) in [4.78, 5) is 16.7. The molecule has 1 aromatic carbocycles. The maximum absolute atomic E-state index is 12.3. The van der Waals surface area contributed by atoms with Gasteiger partial charge in [-0.1, -0.05) is 13.8 Å². The molecule has 0 radical (unpaired) electrons. The molecule has 3 rings (SSSR count). The fourth-order valence-corrected chi connectivity index (χ4v) is 3.31. The van der Waals surface area contributed by atoms with Gasteiger partial charge in [-0.15, -0.1) is 11.3 Å². The number of hydrogen-bond acceptors (Lipinski definition) is 4. The molecule has 0 aliphatic rings. The summed E-state index contributed by atoms with van der Waals surface area (Å²) in [6, 6.07) is 4.10. The van der Waals surface area contributed by atoms with Gasteiger partial charge in [-0.3, -0.25) is 4.79 Å². The smallest absolute Gasteiger partial charge is 0.230 e. The molecule has 3 aromatic rings. The van der Waals surface area contributed by atoms with Gasteiger partial charge in [0.05, 0.1) is 18.4 Å². The third-order valence-electron chi connectivity index (χ3n) is 3.98. The van der Waals surface area contributed by atoms with Crippen molar-refractivity contribution in [3.8, 4) is 0 Å². The van der Waals surface area contributed by atoms with Crippen LogP contribution in [-0.4, -0.2) is 10.9 Å². The number of aryl methyl sites for hydroxylation is 2. The van der Waals surface area contributed by atoms with Crippen molar-refractivity contribution in [2.45, 2.75) is 40.0 Å². The summed E-state index contributed by atoms with van der Waals surface area (Å²) in [5.41, 5.74) is 5.12. The van der Waals surface area contributed by atoms with Crippen molar-refractivity contribution < 1.29 is 9.21 Å². The van der Waals surface area contributed by atoms with E-state index in [0.717, 1.165) is 22.2 Å². The number of thiazole rings is 1. The Balaban J connectivity index is 1.76. The number of carbonyl (C=O) groups is 1. The standard InChI is InChI=1S/C18H20N2O2S/c1-10(2)15-9-23-18(19-15)20-17(21)7-13-8-22-16-6-12(4)11(3)5-14(13)16/h5-6,8-10H,7H2,1-4H3,(H,19,20,21). The zero-order chi connectivity index (χ0) is 16.6. The Labute approximate surface area is 139 Å². The van der Waals surface area contributed by atoms with Crippen LogP contribution in [-0.2, 0) is 11.2 Å². The van der Waals surface area contributed by atoms with Gasteiger partial charge >= 0.3 is 0 Å². The van der Waals surface area contributed by atoms with E-state index in [1.54, 1.807) is 6.26 Å². The van der Waals surface area contributed by atoms with Gasteiger partial charge in [0.2, 0.25) is 5.91 Å². The van der Waals surface area contributed by atoms with E-state index in [2.05, 4.69) is 44.1 Å². The molecule has 0 aliphatic heterocycles. The van der Waals surface area contributed by atoms with Crippen molar-refractivity contribution in [3.63, 3.8) is 0 Å². The summed E-state index contributed by atoms with van der Waals surface area (Å²) >= 11 is 1.46. The fraction of sp³-hybridized carbons (Fsp3) is 0.333. The lowest BCUT2D eigenvalue weighted by Crippen LogP contribution is -2.14. The van der Waals surface area contributed by atoms with E-state index in [0.29, 0.717) is 11.0 Å². The van der Waals surface area contributed by atoms with Gasteiger partial charge in [-0.05, 0) is 43.0 Å². The van der Waals surface area contributed by atoms with Gasteiger partial charge < -0.3 is 9.73 Å².